The van der Waals surface area contributed by atoms with Crippen LogP contribution in [0.4, 0.5) is 0 Å². The summed E-state index contributed by atoms with van der Waals surface area (Å²) < 4.78 is 5.17. The van der Waals surface area contributed by atoms with Gasteiger partial charge in [0.2, 0.25) is 0 Å². The number of nitrogens with zero attached hydrogens (tertiary/aromatic N) is 1. The summed E-state index contributed by atoms with van der Waals surface area (Å²) in [4.78, 5) is 14.0. The van der Waals surface area contributed by atoms with Gasteiger partial charge in [-0.25, -0.2) is 0 Å². The maximum absolute atomic E-state index is 9.92. The number of pyridine rings is 1. The highest BCUT2D eigenvalue weighted by Gasteiger charge is 1.91. The van der Waals surface area contributed by atoms with Crippen LogP contribution in [-0.2, 0) is 16.1 Å². The van der Waals surface area contributed by atoms with Crippen molar-refractivity contribution in [2.45, 2.75) is 13.0 Å². The molecular formula is C9H11NO2. The van der Waals surface area contributed by atoms with Crippen molar-refractivity contribution in [1.29, 1.82) is 0 Å². The molecule has 64 valence electrons. The molecule has 0 aliphatic heterocycles. The van der Waals surface area contributed by atoms with Crippen LogP contribution in [0.25, 0.3) is 0 Å². The average molecular weight is 165 g/mol. The Morgan fingerprint density at radius 1 is 1.50 bits per heavy atom. The zero-order chi connectivity index (χ0) is 8.65. The predicted molar refractivity (Wildman–Crippen MR) is 44.6 cm³/mol. The lowest BCUT2D eigenvalue weighted by Gasteiger charge is -1.99. The second-order valence-electron chi connectivity index (χ2n) is 2.33. The van der Waals surface area contributed by atoms with Gasteiger partial charge in [0.25, 0.3) is 0 Å². The van der Waals surface area contributed by atoms with E-state index in [4.69, 9.17) is 4.74 Å². The quantitative estimate of drug-likeness (QED) is 0.486. The highest BCUT2D eigenvalue weighted by Crippen LogP contribution is 1.95. The lowest BCUT2D eigenvalue weighted by atomic mass is 10.4. The predicted octanol–water partition coefficient (Wildman–Crippen LogP) is 1.19. The van der Waals surface area contributed by atoms with Crippen molar-refractivity contribution in [3.63, 3.8) is 0 Å². The molecule has 0 N–H and O–H groups in total. The number of ether oxygens (including phenoxy) is 1. The minimum atomic E-state index is 0.451. The fraction of sp³-hybridized carbons (Fsp3) is 0.333. The van der Waals surface area contributed by atoms with Crippen LogP contribution in [0, 0.1) is 0 Å². The molecule has 0 radical (unpaired) electrons. The van der Waals surface area contributed by atoms with Crippen LogP contribution in [0.3, 0.4) is 0 Å². The average Bonchev–Trinajstić information content (AvgIpc) is 2.14. The third kappa shape index (κ3) is 3.25. The van der Waals surface area contributed by atoms with Gasteiger partial charge in [0.05, 0.1) is 18.9 Å². The summed E-state index contributed by atoms with van der Waals surface area (Å²) in [5, 5.41) is 0. The molecule has 0 unspecified atom stereocenters. The van der Waals surface area contributed by atoms with Crippen molar-refractivity contribution in [3.05, 3.63) is 30.1 Å². The number of rotatable bonds is 5. The van der Waals surface area contributed by atoms with Crippen molar-refractivity contribution in [3.8, 4) is 0 Å². The number of carbonyl (C=O) groups excluding carboxylic acids is 1. The van der Waals surface area contributed by atoms with E-state index in [9.17, 15) is 4.79 Å². The van der Waals surface area contributed by atoms with Gasteiger partial charge in [0.1, 0.15) is 6.29 Å². The standard InChI is InChI=1S/C9H11NO2/c11-6-3-7-12-8-9-4-1-2-5-10-9/h1-2,4-6H,3,7-8H2. The third-order valence-electron chi connectivity index (χ3n) is 1.36. The zero-order valence-corrected chi connectivity index (χ0v) is 6.77. The molecule has 0 atom stereocenters. The van der Waals surface area contributed by atoms with E-state index in [0.717, 1.165) is 12.0 Å². The molecule has 1 aromatic rings. The summed E-state index contributed by atoms with van der Waals surface area (Å²) in [5.74, 6) is 0. The Morgan fingerprint density at radius 3 is 3.08 bits per heavy atom. The molecule has 0 aliphatic rings. The van der Waals surface area contributed by atoms with Gasteiger partial charge >= 0.3 is 0 Å². The van der Waals surface area contributed by atoms with Gasteiger partial charge in [-0.15, -0.1) is 0 Å². The molecule has 0 bridgehead atoms. The molecule has 0 amide bonds. The fourth-order valence-corrected chi connectivity index (χ4v) is 0.792. The maximum Gasteiger partial charge on any atom is 0.122 e. The lowest BCUT2D eigenvalue weighted by molar-refractivity contribution is -0.108. The third-order valence-corrected chi connectivity index (χ3v) is 1.36. The first-order valence-electron chi connectivity index (χ1n) is 3.85. The lowest BCUT2D eigenvalue weighted by Crippen LogP contribution is -1.97. The number of aldehydes is 1. The second kappa shape index (κ2) is 5.43. The Morgan fingerprint density at radius 2 is 2.42 bits per heavy atom. The van der Waals surface area contributed by atoms with Gasteiger partial charge in [0, 0.05) is 12.6 Å². The number of hydrogen-bond donors (Lipinski definition) is 0. The van der Waals surface area contributed by atoms with E-state index >= 15 is 0 Å². The molecule has 0 saturated heterocycles. The summed E-state index contributed by atoms with van der Waals surface area (Å²) in [6, 6.07) is 5.65. The van der Waals surface area contributed by atoms with Crippen molar-refractivity contribution in [1.82, 2.24) is 4.98 Å². The highest BCUT2D eigenvalue weighted by molar-refractivity contribution is 5.49. The second-order valence-corrected chi connectivity index (χ2v) is 2.33. The van der Waals surface area contributed by atoms with Crippen molar-refractivity contribution < 1.29 is 9.53 Å². The Hall–Kier alpha value is -1.22. The van der Waals surface area contributed by atoms with E-state index in [1.165, 1.54) is 0 Å². The van der Waals surface area contributed by atoms with Crippen LogP contribution in [0.5, 0.6) is 0 Å². The van der Waals surface area contributed by atoms with E-state index in [2.05, 4.69) is 4.98 Å². The molecule has 3 heteroatoms. The largest absolute Gasteiger partial charge is 0.375 e. The van der Waals surface area contributed by atoms with Crippen LogP contribution >= 0.6 is 0 Å². The van der Waals surface area contributed by atoms with Gasteiger partial charge < -0.3 is 9.53 Å². The Bertz CT molecular complexity index is 223. The molecule has 0 aliphatic carbocycles. The summed E-state index contributed by atoms with van der Waals surface area (Å²) in [5.41, 5.74) is 0.892. The van der Waals surface area contributed by atoms with Crippen LogP contribution in [0.2, 0.25) is 0 Å². The Balaban J connectivity index is 2.20. The first-order chi connectivity index (χ1) is 5.93. The summed E-state index contributed by atoms with van der Waals surface area (Å²) in [7, 11) is 0. The molecular weight excluding hydrogens is 154 g/mol. The summed E-state index contributed by atoms with van der Waals surface area (Å²) in [6.45, 7) is 0.953. The monoisotopic (exact) mass is 165 g/mol. The van der Waals surface area contributed by atoms with Crippen molar-refractivity contribution >= 4 is 6.29 Å². The molecule has 0 aromatic carbocycles. The topological polar surface area (TPSA) is 39.2 Å². The van der Waals surface area contributed by atoms with Gasteiger partial charge in [-0.3, -0.25) is 4.98 Å². The van der Waals surface area contributed by atoms with Crippen LogP contribution in [-0.4, -0.2) is 17.9 Å². The van der Waals surface area contributed by atoms with E-state index < -0.39 is 0 Å². The van der Waals surface area contributed by atoms with Crippen molar-refractivity contribution in [2.24, 2.45) is 0 Å². The molecule has 0 spiro atoms. The first-order valence-corrected chi connectivity index (χ1v) is 3.85. The molecule has 0 saturated carbocycles. The minimum Gasteiger partial charge on any atom is -0.375 e. The number of carbonyl (C=O) groups is 1. The van der Waals surface area contributed by atoms with E-state index in [0.29, 0.717) is 19.6 Å². The Labute approximate surface area is 71.4 Å². The summed E-state index contributed by atoms with van der Waals surface area (Å²) in [6.07, 6.45) is 3.02. The van der Waals surface area contributed by atoms with Gasteiger partial charge in [-0.05, 0) is 12.1 Å². The highest BCUT2D eigenvalue weighted by atomic mass is 16.5. The molecule has 0 fully saturated rings. The summed E-state index contributed by atoms with van der Waals surface area (Å²) >= 11 is 0. The first kappa shape index (κ1) is 8.87. The number of hydrogen-bond acceptors (Lipinski definition) is 3. The molecule has 12 heavy (non-hydrogen) atoms. The Kier molecular flexibility index (Phi) is 4.02. The van der Waals surface area contributed by atoms with Crippen molar-refractivity contribution in [2.75, 3.05) is 6.61 Å². The van der Waals surface area contributed by atoms with E-state index in [1.807, 2.05) is 18.2 Å². The fourth-order valence-electron chi connectivity index (χ4n) is 0.792. The van der Waals surface area contributed by atoms with Gasteiger partial charge in [0.15, 0.2) is 0 Å². The smallest absolute Gasteiger partial charge is 0.122 e. The molecule has 1 aromatic heterocycles. The van der Waals surface area contributed by atoms with Crippen LogP contribution in [0.15, 0.2) is 24.4 Å². The van der Waals surface area contributed by atoms with Crippen LogP contribution in [0.1, 0.15) is 12.1 Å². The van der Waals surface area contributed by atoms with Crippen LogP contribution < -0.4 is 0 Å². The SMILES string of the molecule is O=CCCOCc1ccccn1. The molecule has 3 nitrogen and oxygen atoms in total. The normalized spacial score (nSPS) is 9.67. The van der Waals surface area contributed by atoms with E-state index in [1.54, 1.807) is 6.20 Å². The van der Waals surface area contributed by atoms with Gasteiger partial charge in [-0.2, -0.15) is 0 Å². The number of aromatic nitrogens is 1. The van der Waals surface area contributed by atoms with Gasteiger partial charge in [-0.1, -0.05) is 6.07 Å². The maximum atomic E-state index is 9.92. The zero-order valence-electron chi connectivity index (χ0n) is 6.77. The molecule has 1 rings (SSSR count). The molecule has 1 heterocycles. The van der Waals surface area contributed by atoms with E-state index in [-0.39, 0.29) is 0 Å². The minimum absolute atomic E-state index is 0.451.